The van der Waals surface area contributed by atoms with Gasteiger partial charge in [0.15, 0.2) is 0 Å². The molecule has 1 aromatic heterocycles. The largest absolute Gasteiger partial charge is 0.384 e. The summed E-state index contributed by atoms with van der Waals surface area (Å²) in [7, 11) is 1.80. The molecule has 3 nitrogen and oxygen atoms in total. The van der Waals surface area contributed by atoms with E-state index in [-0.39, 0.29) is 12.5 Å². The Labute approximate surface area is 128 Å². The summed E-state index contributed by atoms with van der Waals surface area (Å²) in [6.45, 7) is 2.35. The monoisotopic (exact) mass is 299 g/mol. The van der Waals surface area contributed by atoms with Crippen LogP contribution in [0.3, 0.4) is 0 Å². The first kappa shape index (κ1) is 15.3. The summed E-state index contributed by atoms with van der Waals surface area (Å²) in [6, 6.07) is 9.55. The lowest BCUT2D eigenvalue weighted by Crippen LogP contribution is -2.26. The van der Waals surface area contributed by atoms with Gasteiger partial charge in [-0.15, -0.1) is 11.3 Å². The Balaban J connectivity index is 2.07. The Bertz CT molecular complexity index is 694. The number of aryl methyl sites for hydroxylation is 1. The van der Waals surface area contributed by atoms with Crippen LogP contribution in [0.2, 0.25) is 0 Å². The van der Waals surface area contributed by atoms with E-state index in [0.29, 0.717) is 6.54 Å². The summed E-state index contributed by atoms with van der Waals surface area (Å²) in [4.78, 5) is 15.2. The number of hydrogen-bond acceptors (Lipinski definition) is 3. The molecule has 2 aromatic rings. The maximum atomic E-state index is 12.4. The zero-order valence-electron chi connectivity index (χ0n) is 12.1. The zero-order valence-corrected chi connectivity index (χ0v) is 12.9. The Morgan fingerprint density at radius 1 is 1.38 bits per heavy atom. The van der Waals surface area contributed by atoms with Crippen LogP contribution in [0.1, 0.15) is 26.4 Å². The van der Waals surface area contributed by atoms with Gasteiger partial charge in [0.2, 0.25) is 0 Å². The van der Waals surface area contributed by atoms with Crippen molar-refractivity contribution in [1.29, 1.82) is 0 Å². The standard InChI is InChI=1S/C17H17NO2S/c1-13-6-3-4-8-16(13)17(20)18(2)11-15-10-14(12-21-15)7-5-9-19/h3-4,6,8,10,12,19H,9,11H2,1-2H3. The lowest BCUT2D eigenvalue weighted by Gasteiger charge is -2.17. The zero-order chi connectivity index (χ0) is 15.2. The molecule has 1 N–H and O–H groups in total. The van der Waals surface area contributed by atoms with Gasteiger partial charge in [0.05, 0.1) is 6.54 Å². The average Bonchev–Trinajstić information content (AvgIpc) is 2.92. The van der Waals surface area contributed by atoms with Gasteiger partial charge in [-0.2, -0.15) is 0 Å². The van der Waals surface area contributed by atoms with Crippen LogP contribution in [0.4, 0.5) is 0 Å². The van der Waals surface area contributed by atoms with Crippen molar-refractivity contribution in [1.82, 2.24) is 4.90 Å². The quantitative estimate of drug-likeness (QED) is 0.885. The number of thiophene rings is 1. The number of rotatable bonds is 3. The van der Waals surface area contributed by atoms with Crippen molar-refractivity contribution in [3.63, 3.8) is 0 Å². The third-order valence-corrected chi connectivity index (χ3v) is 4.00. The molecule has 4 heteroatoms. The number of benzene rings is 1. The number of carbonyl (C=O) groups is 1. The van der Waals surface area contributed by atoms with E-state index in [4.69, 9.17) is 5.11 Å². The molecule has 0 unspecified atom stereocenters. The van der Waals surface area contributed by atoms with Crippen LogP contribution in [0.5, 0.6) is 0 Å². The van der Waals surface area contributed by atoms with Gasteiger partial charge < -0.3 is 10.0 Å². The number of amides is 1. The van der Waals surface area contributed by atoms with Crippen molar-refractivity contribution in [2.75, 3.05) is 13.7 Å². The van der Waals surface area contributed by atoms with Gasteiger partial charge in [0.1, 0.15) is 6.61 Å². The first-order valence-electron chi connectivity index (χ1n) is 6.60. The number of aliphatic hydroxyl groups is 1. The summed E-state index contributed by atoms with van der Waals surface area (Å²) >= 11 is 1.57. The number of aliphatic hydroxyl groups excluding tert-OH is 1. The number of carbonyl (C=O) groups excluding carboxylic acids is 1. The first-order chi connectivity index (χ1) is 10.1. The molecule has 1 aromatic carbocycles. The third-order valence-electron chi connectivity index (χ3n) is 3.08. The Morgan fingerprint density at radius 3 is 2.86 bits per heavy atom. The van der Waals surface area contributed by atoms with Crippen molar-refractivity contribution in [3.8, 4) is 11.8 Å². The molecule has 0 atom stereocenters. The Morgan fingerprint density at radius 2 is 2.14 bits per heavy atom. The van der Waals surface area contributed by atoms with Crippen LogP contribution < -0.4 is 0 Å². The highest BCUT2D eigenvalue weighted by Crippen LogP contribution is 2.17. The molecule has 0 radical (unpaired) electrons. The molecular formula is C17H17NO2S. The van der Waals surface area contributed by atoms with Gasteiger partial charge >= 0.3 is 0 Å². The second-order valence-electron chi connectivity index (χ2n) is 4.74. The van der Waals surface area contributed by atoms with Crippen molar-refractivity contribution in [2.45, 2.75) is 13.5 Å². The smallest absolute Gasteiger partial charge is 0.254 e. The van der Waals surface area contributed by atoms with Gasteiger partial charge in [-0.25, -0.2) is 0 Å². The van der Waals surface area contributed by atoms with E-state index in [1.165, 1.54) is 0 Å². The topological polar surface area (TPSA) is 40.5 Å². The minimum atomic E-state index is -0.142. The molecule has 21 heavy (non-hydrogen) atoms. The second kappa shape index (κ2) is 7.07. The summed E-state index contributed by atoms with van der Waals surface area (Å²) in [5.74, 6) is 5.50. The average molecular weight is 299 g/mol. The van der Waals surface area contributed by atoms with Gasteiger partial charge in [-0.3, -0.25) is 4.79 Å². The van der Waals surface area contributed by atoms with Crippen molar-refractivity contribution in [3.05, 3.63) is 57.3 Å². The molecule has 0 saturated carbocycles. The van der Waals surface area contributed by atoms with E-state index in [9.17, 15) is 4.79 Å². The van der Waals surface area contributed by atoms with Gasteiger partial charge in [0.25, 0.3) is 5.91 Å². The van der Waals surface area contributed by atoms with Crippen molar-refractivity contribution < 1.29 is 9.90 Å². The summed E-state index contributed by atoms with van der Waals surface area (Å²) in [6.07, 6.45) is 0. The SMILES string of the molecule is Cc1ccccc1C(=O)N(C)Cc1cc(C#CCO)cs1. The Kier molecular flexibility index (Phi) is 5.15. The fourth-order valence-electron chi connectivity index (χ4n) is 1.99. The predicted molar refractivity (Wildman–Crippen MR) is 85.3 cm³/mol. The summed E-state index contributed by atoms with van der Waals surface area (Å²) in [5.41, 5.74) is 2.59. The van der Waals surface area contributed by atoms with Gasteiger partial charge in [-0.05, 0) is 24.6 Å². The molecule has 0 aliphatic carbocycles. The lowest BCUT2D eigenvalue weighted by molar-refractivity contribution is 0.0785. The molecule has 0 bridgehead atoms. The predicted octanol–water partition coefficient (Wildman–Crippen LogP) is 2.67. The molecule has 0 saturated heterocycles. The maximum Gasteiger partial charge on any atom is 0.254 e. The van der Waals surface area contributed by atoms with Gasteiger partial charge in [0, 0.05) is 28.4 Å². The van der Waals surface area contributed by atoms with E-state index in [1.807, 2.05) is 42.6 Å². The van der Waals surface area contributed by atoms with Crippen molar-refractivity contribution >= 4 is 17.2 Å². The Hall–Kier alpha value is -2.09. The van der Waals surface area contributed by atoms with E-state index >= 15 is 0 Å². The normalized spacial score (nSPS) is 9.86. The third kappa shape index (κ3) is 3.94. The number of nitrogens with zero attached hydrogens (tertiary/aromatic N) is 1. The fraction of sp³-hybridized carbons (Fsp3) is 0.235. The fourth-order valence-corrected chi connectivity index (χ4v) is 2.86. The molecule has 2 rings (SSSR count). The van der Waals surface area contributed by atoms with Gasteiger partial charge in [-0.1, -0.05) is 30.0 Å². The minimum absolute atomic E-state index is 0.0180. The maximum absolute atomic E-state index is 12.4. The highest BCUT2D eigenvalue weighted by atomic mass is 32.1. The molecular weight excluding hydrogens is 282 g/mol. The van der Waals surface area contributed by atoms with Crippen LogP contribution in [0.15, 0.2) is 35.7 Å². The van der Waals surface area contributed by atoms with E-state index < -0.39 is 0 Å². The minimum Gasteiger partial charge on any atom is -0.384 e. The molecule has 0 fully saturated rings. The van der Waals surface area contributed by atoms with Crippen LogP contribution >= 0.6 is 11.3 Å². The van der Waals surface area contributed by atoms with Crippen LogP contribution in [-0.4, -0.2) is 29.6 Å². The summed E-state index contributed by atoms with van der Waals surface area (Å²) in [5, 5.41) is 10.6. The highest BCUT2D eigenvalue weighted by molar-refractivity contribution is 7.10. The first-order valence-corrected chi connectivity index (χ1v) is 7.48. The van der Waals surface area contributed by atoms with Crippen LogP contribution in [0, 0.1) is 18.8 Å². The lowest BCUT2D eigenvalue weighted by atomic mass is 10.1. The number of hydrogen-bond donors (Lipinski definition) is 1. The highest BCUT2D eigenvalue weighted by Gasteiger charge is 2.14. The van der Waals surface area contributed by atoms with Crippen LogP contribution in [0.25, 0.3) is 0 Å². The van der Waals surface area contributed by atoms with E-state index in [1.54, 1.807) is 23.3 Å². The molecule has 0 aliphatic heterocycles. The molecule has 108 valence electrons. The molecule has 0 aliphatic rings. The molecule has 1 amide bonds. The summed E-state index contributed by atoms with van der Waals surface area (Å²) < 4.78 is 0. The van der Waals surface area contributed by atoms with E-state index in [0.717, 1.165) is 21.6 Å². The van der Waals surface area contributed by atoms with Crippen molar-refractivity contribution in [2.24, 2.45) is 0 Å². The second-order valence-corrected chi connectivity index (χ2v) is 5.73. The van der Waals surface area contributed by atoms with E-state index in [2.05, 4.69) is 11.8 Å². The van der Waals surface area contributed by atoms with Crippen LogP contribution in [-0.2, 0) is 6.54 Å². The molecule has 1 heterocycles. The molecule has 0 spiro atoms.